The zero-order valence-electron chi connectivity index (χ0n) is 13.0. The Balaban J connectivity index is 1.66. The summed E-state index contributed by atoms with van der Waals surface area (Å²) in [6.07, 6.45) is -0.112. The van der Waals surface area contributed by atoms with Crippen LogP contribution in [0.1, 0.15) is 28.2 Å². The van der Waals surface area contributed by atoms with E-state index in [4.69, 9.17) is 32.5 Å². The fourth-order valence-corrected chi connectivity index (χ4v) is 2.78. The molecule has 0 aliphatic carbocycles. The van der Waals surface area contributed by atoms with Gasteiger partial charge in [0, 0.05) is 20.1 Å². The van der Waals surface area contributed by atoms with E-state index >= 15 is 0 Å². The number of rotatable bonds is 4. The number of nitrogens with zero attached hydrogens (tertiary/aromatic N) is 3. The van der Waals surface area contributed by atoms with Gasteiger partial charge in [-0.25, -0.2) is 0 Å². The van der Waals surface area contributed by atoms with Crippen LogP contribution in [0.3, 0.4) is 0 Å². The summed E-state index contributed by atoms with van der Waals surface area (Å²) in [5, 5.41) is 7.30. The lowest BCUT2D eigenvalue weighted by molar-refractivity contribution is -0.0338. The number of hydrogen-bond acceptors (Lipinski definition) is 6. The Morgan fingerprint density at radius 2 is 2.25 bits per heavy atom. The van der Waals surface area contributed by atoms with Crippen LogP contribution in [0, 0.1) is 0 Å². The molecular formula is C15H16Cl2N4O3. The van der Waals surface area contributed by atoms with E-state index < -0.39 is 5.91 Å². The Labute approximate surface area is 148 Å². The average molecular weight is 371 g/mol. The van der Waals surface area contributed by atoms with E-state index in [0.717, 1.165) is 12.1 Å². The minimum Gasteiger partial charge on any atom is -0.371 e. The molecule has 1 fully saturated rings. The zero-order chi connectivity index (χ0) is 17.1. The maximum atomic E-state index is 11.5. The predicted octanol–water partition coefficient (Wildman–Crippen LogP) is 2.31. The molecule has 1 saturated heterocycles. The van der Waals surface area contributed by atoms with Crippen molar-refractivity contribution in [2.75, 3.05) is 26.7 Å². The van der Waals surface area contributed by atoms with E-state index in [1.54, 1.807) is 6.07 Å². The number of aromatic nitrogens is 2. The molecule has 2 aromatic rings. The van der Waals surface area contributed by atoms with Gasteiger partial charge in [-0.2, -0.15) is 4.98 Å². The minimum absolute atomic E-state index is 0.0400. The van der Waals surface area contributed by atoms with Crippen molar-refractivity contribution in [1.29, 1.82) is 0 Å². The normalized spacial score (nSPS) is 18.5. The summed E-state index contributed by atoms with van der Waals surface area (Å²) in [5.41, 5.74) is 0.966. The first-order valence-corrected chi connectivity index (χ1v) is 8.16. The smallest absolute Gasteiger partial charge is 0.315 e. The molecule has 0 unspecified atom stereocenters. The summed E-state index contributed by atoms with van der Waals surface area (Å²) in [4.78, 5) is 17.7. The van der Waals surface area contributed by atoms with Gasteiger partial charge in [-0.05, 0) is 17.7 Å². The SMILES string of the molecule is CNC(=O)c1nc(CN2CCO[C@H](c3ccc(Cl)c(Cl)c3)C2)no1. The molecule has 0 saturated carbocycles. The lowest BCUT2D eigenvalue weighted by Crippen LogP contribution is -2.38. The van der Waals surface area contributed by atoms with Gasteiger partial charge in [0.1, 0.15) is 0 Å². The number of benzene rings is 1. The van der Waals surface area contributed by atoms with Gasteiger partial charge < -0.3 is 14.6 Å². The first kappa shape index (κ1) is 17.2. The van der Waals surface area contributed by atoms with Crippen LogP contribution in [-0.2, 0) is 11.3 Å². The molecule has 1 aliphatic heterocycles. The molecule has 0 bridgehead atoms. The highest BCUT2D eigenvalue weighted by molar-refractivity contribution is 6.42. The summed E-state index contributed by atoms with van der Waals surface area (Å²) in [7, 11) is 1.51. The quantitative estimate of drug-likeness (QED) is 0.889. The van der Waals surface area contributed by atoms with Crippen LogP contribution in [-0.4, -0.2) is 47.7 Å². The van der Waals surface area contributed by atoms with Crippen molar-refractivity contribution < 1.29 is 14.1 Å². The third-order valence-corrected chi connectivity index (χ3v) is 4.46. The van der Waals surface area contributed by atoms with Crippen molar-refractivity contribution in [1.82, 2.24) is 20.4 Å². The number of ether oxygens (including phenoxy) is 1. The molecule has 2 heterocycles. The number of amides is 1. The molecule has 1 N–H and O–H groups in total. The van der Waals surface area contributed by atoms with Crippen molar-refractivity contribution in [3.05, 3.63) is 45.5 Å². The summed E-state index contributed by atoms with van der Waals surface area (Å²) >= 11 is 12.0. The lowest BCUT2D eigenvalue weighted by atomic mass is 10.1. The van der Waals surface area contributed by atoms with E-state index in [9.17, 15) is 4.79 Å². The van der Waals surface area contributed by atoms with Crippen molar-refractivity contribution >= 4 is 29.1 Å². The number of morpholine rings is 1. The zero-order valence-corrected chi connectivity index (χ0v) is 14.5. The summed E-state index contributed by atoms with van der Waals surface area (Å²) < 4.78 is 10.8. The van der Waals surface area contributed by atoms with E-state index in [0.29, 0.717) is 35.6 Å². The van der Waals surface area contributed by atoms with Gasteiger partial charge in [0.2, 0.25) is 0 Å². The monoisotopic (exact) mass is 370 g/mol. The Hall–Kier alpha value is -1.67. The van der Waals surface area contributed by atoms with Gasteiger partial charge in [-0.3, -0.25) is 9.69 Å². The molecule has 1 aromatic carbocycles. The van der Waals surface area contributed by atoms with Gasteiger partial charge in [-0.1, -0.05) is 34.4 Å². The fraction of sp³-hybridized carbons (Fsp3) is 0.400. The molecule has 1 amide bonds. The van der Waals surface area contributed by atoms with Gasteiger partial charge in [-0.15, -0.1) is 0 Å². The Morgan fingerprint density at radius 1 is 1.42 bits per heavy atom. The minimum atomic E-state index is -0.399. The van der Waals surface area contributed by atoms with Crippen LogP contribution in [0.2, 0.25) is 10.0 Å². The summed E-state index contributed by atoms with van der Waals surface area (Å²) in [6, 6.07) is 5.48. The van der Waals surface area contributed by atoms with Crippen LogP contribution in [0.25, 0.3) is 0 Å². The molecule has 0 radical (unpaired) electrons. The Kier molecular flexibility index (Phi) is 5.35. The van der Waals surface area contributed by atoms with Gasteiger partial charge >= 0.3 is 11.8 Å². The number of hydrogen-bond donors (Lipinski definition) is 1. The van der Waals surface area contributed by atoms with Crippen LogP contribution in [0.4, 0.5) is 0 Å². The molecule has 1 atom stereocenters. The first-order valence-electron chi connectivity index (χ1n) is 7.40. The molecule has 7 nitrogen and oxygen atoms in total. The highest BCUT2D eigenvalue weighted by atomic mass is 35.5. The third kappa shape index (κ3) is 3.87. The van der Waals surface area contributed by atoms with Gasteiger partial charge in [0.15, 0.2) is 5.82 Å². The molecule has 1 aliphatic rings. The van der Waals surface area contributed by atoms with Crippen LogP contribution in [0.15, 0.2) is 22.7 Å². The molecule has 3 rings (SSSR count). The number of carbonyl (C=O) groups excluding carboxylic acids is 1. The second kappa shape index (κ2) is 7.48. The Bertz CT molecular complexity index is 737. The second-order valence-electron chi connectivity index (χ2n) is 5.36. The topological polar surface area (TPSA) is 80.5 Å². The van der Waals surface area contributed by atoms with Crippen LogP contribution < -0.4 is 5.32 Å². The molecule has 1 aromatic heterocycles. The van der Waals surface area contributed by atoms with Crippen LogP contribution in [0.5, 0.6) is 0 Å². The summed E-state index contributed by atoms with van der Waals surface area (Å²) in [6.45, 7) is 2.44. The maximum Gasteiger partial charge on any atom is 0.315 e. The van der Waals surface area contributed by atoms with Crippen molar-refractivity contribution in [2.45, 2.75) is 12.6 Å². The van der Waals surface area contributed by atoms with Crippen molar-refractivity contribution in [2.24, 2.45) is 0 Å². The standard InChI is InChI=1S/C15H16Cl2N4O3/c1-18-14(22)15-19-13(20-24-15)8-21-4-5-23-12(7-21)9-2-3-10(16)11(17)6-9/h2-3,6,12H,4-5,7-8H2,1H3,(H,18,22)/t12-/m0/s1. The average Bonchev–Trinajstić information content (AvgIpc) is 3.05. The molecule has 128 valence electrons. The molecule has 0 spiro atoms. The number of nitrogens with one attached hydrogen (secondary N) is 1. The van der Waals surface area contributed by atoms with E-state index in [2.05, 4.69) is 20.4 Å². The molecule has 9 heteroatoms. The maximum absolute atomic E-state index is 11.5. The van der Waals surface area contributed by atoms with Crippen molar-refractivity contribution in [3.63, 3.8) is 0 Å². The highest BCUT2D eigenvalue weighted by Gasteiger charge is 2.24. The van der Waals surface area contributed by atoms with E-state index in [1.165, 1.54) is 7.05 Å². The largest absolute Gasteiger partial charge is 0.371 e. The molecule has 24 heavy (non-hydrogen) atoms. The molecular weight excluding hydrogens is 355 g/mol. The van der Waals surface area contributed by atoms with Crippen molar-refractivity contribution in [3.8, 4) is 0 Å². The van der Waals surface area contributed by atoms with Gasteiger partial charge in [0.25, 0.3) is 0 Å². The predicted molar refractivity (Wildman–Crippen MR) is 88.1 cm³/mol. The summed E-state index contributed by atoms with van der Waals surface area (Å²) in [5.74, 6) is 0.0228. The lowest BCUT2D eigenvalue weighted by Gasteiger charge is -2.32. The fourth-order valence-electron chi connectivity index (χ4n) is 2.48. The van der Waals surface area contributed by atoms with E-state index in [-0.39, 0.29) is 12.0 Å². The number of carbonyl (C=O) groups is 1. The number of halogens is 2. The van der Waals surface area contributed by atoms with Gasteiger partial charge in [0.05, 0.1) is 29.3 Å². The first-order chi connectivity index (χ1) is 11.6. The highest BCUT2D eigenvalue weighted by Crippen LogP contribution is 2.29. The van der Waals surface area contributed by atoms with Crippen LogP contribution >= 0.6 is 23.2 Å². The second-order valence-corrected chi connectivity index (χ2v) is 6.18. The Morgan fingerprint density at radius 3 is 3.00 bits per heavy atom. The third-order valence-electron chi connectivity index (χ3n) is 3.72. The van der Waals surface area contributed by atoms with E-state index in [1.807, 2.05) is 12.1 Å².